The molecule has 1 aliphatic rings. The highest BCUT2D eigenvalue weighted by Crippen LogP contribution is 2.32. The summed E-state index contributed by atoms with van der Waals surface area (Å²) < 4.78 is 5.41. The lowest BCUT2D eigenvalue weighted by Crippen LogP contribution is -2.37. The topological polar surface area (TPSA) is 29.5 Å². The third-order valence-corrected chi connectivity index (χ3v) is 3.35. The Bertz CT molecular complexity index is 595. The summed E-state index contributed by atoms with van der Waals surface area (Å²) in [4.78, 5) is 14.0. The minimum atomic E-state index is -0.316. The number of fused-ring (bicyclic) bond motifs is 1. The van der Waals surface area contributed by atoms with E-state index in [9.17, 15) is 4.79 Å². The Morgan fingerprint density at radius 3 is 2.58 bits per heavy atom. The Labute approximate surface area is 112 Å². The van der Waals surface area contributed by atoms with Gasteiger partial charge in [0.25, 0.3) is 0 Å². The van der Waals surface area contributed by atoms with Gasteiger partial charge in [0.2, 0.25) is 0 Å². The summed E-state index contributed by atoms with van der Waals surface area (Å²) in [7, 11) is 0. The van der Waals surface area contributed by atoms with Crippen LogP contribution in [-0.4, -0.2) is 12.1 Å². The number of anilines is 1. The summed E-state index contributed by atoms with van der Waals surface area (Å²) in [5.41, 5.74) is 2.15. The summed E-state index contributed by atoms with van der Waals surface area (Å²) in [5.74, 6) is 0.573. The first-order valence-electron chi connectivity index (χ1n) is 6.39. The van der Waals surface area contributed by atoms with Crippen LogP contribution in [0.3, 0.4) is 0 Å². The smallest absolute Gasteiger partial charge is 0.410 e. The van der Waals surface area contributed by atoms with E-state index in [0.29, 0.717) is 5.75 Å². The van der Waals surface area contributed by atoms with Gasteiger partial charge in [-0.1, -0.05) is 36.4 Å². The van der Waals surface area contributed by atoms with Crippen LogP contribution in [0.15, 0.2) is 54.6 Å². The number of rotatable bonds is 1. The van der Waals surface area contributed by atoms with Crippen LogP contribution in [-0.2, 0) is 6.42 Å². The van der Waals surface area contributed by atoms with Crippen LogP contribution in [0.4, 0.5) is 10.5 Å². The van der Waals surface area contributed by atoms with Crippen LogP contribution in [0, 0.1) is 0 Å². The molecule has 1 aliphatic heterocycles. The zero-order chi connectivity index (χ0) is 13.2. The third kappa shape index (κ3) is 2.19. The molecule has 3 rings (SSSR count). The van der Waals surface area contributed by atoms with Crippen molar-refractivity contribution in [1.82, 2.24) is 0 Å². The SMILES string of the molecule is C[C@@H]1Cc2ccccc2N1C(=O)Oc1ccccc1. The summed E-state index contributed by atoms with van der Waals surface area (Å²) in [6.45, 7) is 2.03. The fourth-order valence-electron chi connectivity index (χ4n) is 2.48. The van der Waals surface area contributed by atoms with E-state index >= 15 is 0 Å². The van der Waals surface area contributed by atoms with E-state index in [4.69, 9.17) is 4.74 Å². The first-order valence-corrected chi connectivity index (χ1v) is 6.39. The highest BCUT2D eigenvalue weighted by atomic mass is 16.6. The van der Waals surface area contributed by atoms with Gasteiger partial charge in [-0.15, -0.1) is 0 Å². The van der Waals surface area contributed by atoms with E-state index in [0.717, 1.165) is 12.1 Å². The number of carbonyl (C=O) groups is 1. The average molecular weight is 253 g/mol. The lowest BCUT2D eigenvalue weighted by molar-refractivity contribution is 0.206. The van der Waals surface area contributed by atoms with Crippen LogP contribution < -0.4 is 9.64 Å². The molecule has 3 heteroatoms. The molecule has 1 atom stereocenters. The highest BCUT2D eigenvalue weighted by molar-refractivity contribution is 5.92. The van der Waals surface area contributed by atoms with Crippen molar-refractivity contribution in [2.24, 2.45) is 0 Å². The van der Waals surface area contributed by atoms with Gasteiger partial charge in [-0.3, -0.25) is 4.90 Å². The van der Waals surface area contributed by atoms with Gasteiger partial charge in [-0.05, 0) is 37.1 Å². The second-order valence-corrected chi connectivity index (χ2v) is 4.73. The van der Waals surface area contributed by atoms with Gasteiger partial charge in [-0.25, -0.2) is 4.79 Å². The quantitative estimate of drug-likeness (QED) is 0.776. The lowest BCUT2D eigenvalue weighted by atomic mass is 10.1. The fraction of sp³-hybridized carbons (Fsp3) is 0.188. The van der Waals surface area contributed by atoms with E-state index in [2.05, 4.69) is 6.07 Å². The zero-order valence-electron chi connectivity index (χ0n) is 10.7. The number of para-hydroxylation sites is 2. The first kappa shape index (κ1) is 11.8. The number of carbonyl (C=O) groups excluding carboxylic acids is 1. The molecule has 0 saturated carbocycles. The number of ether oxygens (including phenoxy) is 1. The van der Waals surface area contributed by atoms with Gasteiger partial charge in [0.05, 0.1) is 5.69 Å². The molecule has 0 bridgehead atoms. The summed E-state index contributed by atoms with van der Waals surface area (Å²) in [6.07, 6.45) is 0.559. The maximum atomic E-state index is 12.3. The maximum absolute atomic E-state index is 12.3. The number of amides is 1. The van der Waals surface area contributed by atoms with Gasteiger partial charge in [0.1, 0.15) is 5.75 Å². The van der Waals surface area contributed by atoms with Crippen molar-refractivity contribution < 1.29 is 9.53 Å². The molecule has 0 saturated heterocycles. The van der Waals surface area contributed by atoms with Crippen molar-refractivity contribution in [3.05, 3.63) is 60.2 Å². The van der Waals surface area contributed by atoms with Crippen molar-refractivity contribution in [3.63, 3.8) is 0 Å². The van der Waals surface area contributed by atoms with Gasteiger partial charge >= 0.3 is 6.09 Å². The van der Waals surface area contributed by atoms with Crippen LogP contribution in [0.2, 0.25) is 0 Å². The van der Waals surface area contributed by atoms with E-state index in [1.807, 2.05) is 43.3 Å². The molecule has 2 aromatic rings. The minimum absolute atomic E-state index is 0.133. The molecule has 0 radical (unpaired) electrons. The van der Waals surface area contributed by atoms with Crippen LogP contribution in [0.5, 0.6) is 5.75 Å². The summed E-state index contributed by atoms with van der Waals surface area (Å²) in [6, 6.07) is 17.3. The number of benzene rings is 2. The van der Waals surface area contributed by atoms with Crippen LogP contribution >= 0.6 is 0 Å². The van der Waals surface area contributed by atoms with Gasteiger partial charge in [-0.2, -0.15) is 0 Å². The monoisotopic (exact) mass is 253 g/mol. The molecule has 2 aromatic carbocycles. The second kappa shape index (κ2) is 4.76. The van der Waals surface area contributed by atoms with Gasteiger partial charge in [0.15, 0.2) is 0 Å². The predicted octanol–water partition coefficient (Wildman–Crippen LogP) is 3.64. The summed E-state index contributed by atoms with van der Waals surface area (Å²) >= 11 is 0. The van der Waals surface area contributed by atoms with Crippen molar-refractivity contribution in [1.29, 1.82) is 0 Å². The standard InChI is InChI=1S/C16H15NO2/c1-12-11-13-7-5-6-10-15(13)17(12)16(18)19-14-8-3-2-4-9-14/h2-10,12H,11H2,1H3/t12-/m1/s1. The highest BCUT2D eigenvalue weighted by Gasteiger charge is 2.31. The first-order chi connectivity index (χ1) is 9.25. The maximum Gasteiger partial charge on any atom is 0.420 e. The van der Waals surface area contributed by atoms with E-state index < -0.39 is 0 Å². The van der Waals surface area contributed by atoms with Gasteiger partial charge in [0, 0.05) is 6.04 Å². The molecule has 0 aromatic heterocycles. The Hall–Kier alpha value is -2.29. The van der Waals surface area contributed by atoms with Gasteiger partial charge < -0.3 is 4.74 Å². The molecule has 19 heavy (non-hydrogen) atoms. The number of nitrogens with zero attached hydrogens (tertiary/aromatic N) is 1. The molecule has 0 fully saturated rings. The summed E-state index contributed by atoms with van der Waals surface area (Å²) in [5, 5.41) is 0. The molecule has 96 valence electrons. The predicted molar refractivity (Wildman–Crippen MR) is 74.6 cm³/mol. The molecule has 0 aliphatic carbocycles. The zero-order valence-corrected chi connectivity index (χ0v) is 10.7. The largest absolute Gasteiger partial charge is 0.420 e. The molecular weight excluding hydrogens is 238 g/mol. The number of hydrogen-bond acceptors (Lipinski definition) is 2. The van der Waals surface area contributed by atoms with Crippen molar-refractivity contribution in [3.8, 4) is 5.75 Å². The average Bonchev–Trinajstić information content (AvgIpc) is 2.75. The molecule has 1 amide bonds. The second-order valence-electron chi connectivity index (χ2n) is 4.73. The van der Waals surface area contributed by atoms with Crippen molar-refractivity contribution in [2.75, 3.05) is 4.90 Å². The number of hydrogen-bond donors (Lipinski definition) is 0. The van der Waals surface area contributed by atoms with E-state index in [1.54, 1.807) is 17.0 Å². The van der Waals surface area contributed by atoms with Crippen LogP contribution in [0.25, 0.3) is 0 Å². The molecule has 1 heterocycles. The third-order valence-electron chi connectivity index (χ3n) is 3.35. The lowest BCUT2D eigenvalue weighted by Gasteiger charge is -2.21. The van der Waals surface area contributed by atoms with E-state index in [1.165, 1.54) is 5.56 Å². The molecule has 0 N–H and O–H groups in total. The molecular formula is C16H15NO2. The molecule has 0 unspecified atom stereocenters. The Morgan fingerprint density at radius 2 is 1.79 bits per heavy atom. The van der Waals surface area contributed by atoms with Crippen molar-refractivity contribution in [2.45, 2.75) is 19.4 Å². The minimum Gasteiger partial charge on any atom is -0.410 e. The Kier molecular flexibility index (Phi) is 2.95. The Morgan fingerprint density at radius 1 is 1.11 bits per heavy atom. The molecule has 0 spiro atoms. The van der Waals surface area contributed by atoms with Crippen LogP contribution in [0.1, 0.15) is 12.5 Å². The van der Waals surface area contributed by atoms with E-state index in [-0.39, 0.29) is 12.1 Å². The molecule has 3 nitrogen and oxygen atoms in total. The fourth-order valence-corrected chi connectivity index (χ4v) is 2.48. The van der Waals surface area contributed by atoms with Crippen molar-refractivity contribution >= 4 is 11.8 Å². The Balaban J connectivity index is 1.84. The normalized spacial score (nSPS) is 17.1.